The second-order valence-electron chi connectivity index (χ2n) is 4.34. The topological polar surface area (TPSA) is 0 Å². The van der Waals surface area contributed by atoms with Crippen LogP contribution in [0.15, 0.2) is 23.4 Å². The molecule has 0 spiro atoms. The van der Waals surface area contributed by atoms with Crippen LogP contribution in [0.4, 0.5) is 0 Å². The van der Waals surface area contributed by atoms with Crippen LogP contribution >= 0.6 is 37.2 Å². The molecule has 1 atom stereocenters. The van der Waals surface area contributed by atoms with E-state index in [1.807, 2.05) is 0 Å². The van der Waals surface area contributed by atoms with Crippen LogP contribution in [0, 0.1) is 0 Å². The van der Waals surface area contributed by atoms with Gasteiger partial charge in [0.2, 0.25) is 0 Å². The molecule has 1 aliphatic carbocycles. The van der Waals surface area contributed by atoms with Crippen LogP contribution in [0.1, 0.15) is 6.92 Å². The van der Waals surface area contributed by atoms with E-state index in [9.17, 15) is 0 Å². The van der Waals surface area contributed by atoms with Gasteiger partial charge in [0.25, 0.3) is 0 Å². The number of allylic oxidation sites excluding steroid dienone is 4. The minimum atomic E-state index is -1.08. The third-order valence-electron chi connectivity index (χ3n) is 2.04. The Balaban J connectivity index is -0.000000403. The Morgan fingerprint density at radius 1 is 1.14 bits per heavy atom. The Morgan fingerprint density at radius 3 is 1.71 bits per heavy atom. The number of rotatable bonds is 1. The van der Waals surface area contributed by atoms with Gasteiger partial charge in [0, 0.05) is 0 Å². The molecule has 1 rings (SSSR count). The molecule has 84 valence electrons. The van der Waals surface area contributed by atoms with Gasteiger partial charge in [-0.3, -0.25) is 0 Å². The minimum Gasteiger partial charge on any atom is -0.147 e. The summed E-state index contributed by atoms with van der Waals surface area (Å²) in [6.45, 7) is 9.48. The summed E-state index contributed by atoms with van der Waals surface area (Å²) < 4.78 is 0.275. The summed E-state index contributed by atoms with van der Waals surface area (Å²) in [5.41, 5.74) is 0. The molecule has 0 radical (unpaired) electrons. The van der Waals surface area contributed by atoms with E-state index in [2.05, 4.69) is 62.2 Å². The average Bonchev–Trinajstić information content (AvgIpc) is 2.06. The van der Waals surface area contributed by atoms with Crippen LogP contribution in [-0.2, 0) is 17.4 Å². The molecule has 0 amide bonds. The summed E-state index contributed by atoms with van der Waals surface area (Å²) in [6, 6.07) is 0. The molecule has 0 aromatic heterocycles. The summed E-state index contributed by atoms with van der Waals surface area (Å²) in [5.74, 6) is 0. The molecular weight excluding hydrogens is 293 g/mol. The van der Waals surface area contributed by atoms with E-state index in [-0.39, 0.29) is 41.3 Å². The second-order valence-corrected chi connectivity index (χ2v) is 10.8. The SMILES string of the molecule is C[C]1([V])C=CC=C1[Si](C)(C)C.Cl.Cl.Cl. The van der Waals surface area contributed by atoms with Gasteiger partial charge < -0.3 is 0 Å². The minimum absolute atomic E-state index is 0. The number of hydrogen-bond acceptors (Lipinski definition) is 0. The van der Waals surface area contributed by atoms with Gasteiger partial charge in [-0.05, 0) is 0 Å². The predicted molar refractivity (Wildman–Crippen MR) is 70.7 cm³/mol. The third kappa shape index (κ3) is 4.78. The van der Waals surface area contributed by atoms with Crippen molar-refractivity contribution in [3.05, 3.63) is 23.4 Å². The quantitative estimate of drug-likeness (QED) is 0.632. The van der Waals surface area contributed by atoms with Gasteiger partial charge in [-0.15, -0.1) is 37.2 Å². The summed E-state index contributed by atoms with van der Waals surface area (Å²) in [4.78, 5) is 0. The van der Waals surface area contributed by atoms with Crippen molar-refractivity contribution in [2.75, 3.05) is 0 Å². The van der Waals surface area contributed by atoms with Crippen LogP contribution in [-0.4, -0.2) is 8.07 Å². The molecule has 0 heterocycles. The molecule has 0 aromatic rings. The Labute approximate surface area is 116 Å². The Morgan fingerprint density at radius 2 is 1.57 bits per heavy atom. The van der Waals surface area contributed by atoms with E-state index in [0.717, 1.165) is 0 Å². The summed E-state index contributed by atoms with van der Waals surface area (Å²) in [5, 5.41) is 1.64. The zero-order valence-electron chi connectivity index (χ0n) is 8.90. The fraction of sp³-hybridized carbons (Fsp3) is 0.556. The van der Waals surface area contributed by atoms with Crippen molar-refractivity contribution in [1.29, 1.82) is 0 Å². The maximum atomic E-state index is 2.78. The van der Waals surface area contributed by atoms with Gasteiger partial charge in [-0.25, -0.2) is 0 Å². The normalized spacial score (nSPS) is 24.1. The van der Waals surface area contributed by atoms with E-state index in [1.165, 1.54) is 0 Å². The first-order valence-electron chi connectivity index (χ1n) is 3.97. The molecule has 14 heavy (non-hydrogen) atoms. The van der Waals surface area contributed by atoms with Crippen molar-refractivity contribution in [1.82, 2.24) is 0 Å². The van der Waals surface area contributed by atoms with Crippen LogP contribution in [0.25, 0.3) is 0 Å². The smallest absolute Gasteiger partial charge is 0.147 e. The molecule has 0 aromatic carbocycles. The van der Waals surface area contributed by atoms with Crippen LogP contribution in [0.3, 0.4) is 0 Å². The van der Waals surface area contributed by atoms with Crippen molar-refractivity contribution in [2.45, 2.75) is 30.7 Å². The third-order valence-corrected chi connectivity index (χ3v) is 5.28. The van der Waals surface area contributed by atoms with Gasteiger partial charge >= 0.3 is 79.6 Å². The van der Waals surface area contributed by atoms with Crippen molar-refractivity contribution < 1.29 is 17.4 Å². The molecule has 0 fully saturated rings. The number of hydrogen-bond donors (Lipinski definition) is 0. The molecule has 0 N–H and O–H groups in total. The Hall–Kier alpha value is 1.15. The monoisotopic (exact) mass is 310 g/mol. The van der Waals surface area contributed by atoms with E-state index < -0.39 is 8.07 Å². The standard InChI is InChI=1S/C9H15Si.3ClH.V/c1-8-6-5-7-9(8)10(2,3)4;;;;/h5-7H,1-4H3;3*1H;. The molecule has 0 saturated heterocycles. The predicted octanol–water partition coefficient (Wildman–Crippen LogP) is 4.35. The largest absolute Gasteiger partial charge is 0.147 e. The van der Waals surface area contributed by atoms with Crippen molar-refractivity contribution in [3.63, 3.8) is 0 Å². The first-order valence-corrected chi connectivity index (χ1v) is 8.17. The average molecular weight is 312 g/mol. The van der Waals surface area contributed by atoms with Crippen molar-refractivity contribution >= 4 is 45.3 Å². The fourth-order valence-corrected chi connectivity index (χ4v) is 5.62. The van der Waals surface area contributed by atoms with Gasteiger partial charge in [0.15, 0.2) is 0 Å². The summed E-state index contributed by atoms with van der Waals surface area (Å²) in [6.07, 6.45) is 6.76. The summed E-state index contributed by atoms with van der Waals surface area (Å²) in [7, 11) is -1.08. The molecule has 1 unspecified atom stereocenters. The van der Waals surface area contributed by atoms with Gasteiger partial charge in [-0.1, -0.05) is 0 Å². The van der Waals surface area contributed by atoms with Crippen molar-refractivity contribution in [2.24, 2.45) is 0 Å². The summed E-state index contributed by atoms with van der Waals surface area (Å²) >= 11 is 2.78. The van der Waals surface area contributed by atoms with Gasteiger partial charge in [0.1, 0.15) is 0 Å². The first kappa shape index (κ1) is 20.5. The molecule has 5 heteroatoms. The van der Waals surface area contributed by atoms with Crippen LogP contribution in [0.2, 0.25) is 23.8 Å². The zero-order valence-corrected chi connectivity index (χ0v) is 13.8. The first-order chi connectivity index (χ1) is 4.84. The van der Waals surface area contributed by atoms with E-state index in [1.54, 1.807) is 5.20 Å². The van der Waals surface area contributed by atoms with E-state index >= 15 is 0 Å². The van der Waals surface area contributed by atoms with E-state index in [4.69, 9.17) is 0 Å². The zero-order chi connectivity index (χ0) is 8.70. The molecule has 1 aliphatic rings. The fourth-order valence-electron chi connectivity index (χ4n) is 1.60. The van der Waals surface area contributed by atoms with Gasteiger partial charge in [-0.2, -0.15) is 0 Å². The molecule has 0 aliphatic heterocycles. The molecule has 0 saturated carbocycles. The maximum Gasteiger partial charge on any atom is -0.147 e. The van der Waals surface area contributed by atoms with Crippen molar-refractivity contribution in [3.8, 4) is 0 Å². The number of halogens is 3. The maximum absolute atomic E-state index is 2.78. The van der Waals surface area contributed by atoms with Crippen LogP contribution in [0.5, 0.6) is 0 Å². The Kier molecular flexibility index (Phi) is 9.80. The molecule has 0 nitrogen and oxygen atoms in total. The van der Waals surface area contributed by atoms with Gasteiger partial charge in [0.05, 0.1) is 0 Å². The molecule has 0 bridgehead atoms. The van der Waals surface area contributed by atoms with Crippen LogP contribution < -0.4 is 0 Å². The molecular formula is C9H18Cl3SiV. The van der Waals surface area contributed by atoms with E-state index in [0.29, 0.717) is 0 Å². The second kappa shape index (κ2) is 6.67. The Bertz CT molecular complexity index is 229.